The average Bonchev–Trinajstić information content (AvgIpc) is 3.30. The first kappa shape index (κ1) is 13.0. The number of hydrogen-bond donors (Lipinski definition) is 1. The maximum atomic E-state index is 5.24. The molecular weight excluding hydrogens is 280 g/mol. The molecule has 0 unspecified atom stereocenters. The Morgan fingerprint density at radius 3 is 2.95 bits per heavy atom. The summed E-state index contributed by atoms with van der Waals surface area (Å²) in [6, 6.07) is 10.3. The minimum absolute atomic E-state index is 0.473. The van der Waals surface area contributed by atoms with E-state index in [9.17, 15) is 0 Å². The molecule has 7 heteroatoms. The van der Waals surface area contributed by atoms with Crippen molar-refractivity contribution in [3.63, 3.8) is 0 Å². The first-order valence-electron chi connectivity index (χ1n) is 7.29. The van der Waals surface area contributed by atoms with Gasteiger partial charge in [-0.2, -0.15) is 0 Å². The number of aromatic nitrogens is 5. The molecule has 7 nitrogen and oxygen atoms in total. The Bertz CT molecular complexity index is 811. The monoisotopic (exact) mass is 296 g/mol. The van der Waals surface area contributed by atoms with Crippen molar-refractivity contribution in [2.45, 2.75) is 25.4 Å². The summed E-state index contributed by atoms with van der Waals surface area (Å²) in [5.74, 6) is 2.44. The number of anilines is 1. The number of nitrogens with zero attached hydrogens (tertiary/aromatic N) is 5. The van der Waals surface area contributed by atoms with Gasteiger partial charge in [0.25, 0.3) is 0 Å². The largest absolute Gasteiger partial charge is 0.497 e. The minimum atomic E-state index is 0.473. The molecule has 1 fully saturated rings. The summed E-state index contributed by atoms with van der Waals surface area (Å²) in [4.78, 5) is 4.60. The molecule has 1 N–H and O–H groups in total. The predicted octanol–water partition coefficient (Wildman–Crippen LogP) is 2.18. The Kier molecular flexibility index (Phi) is 3.10. The highest BCUT2D eigenvalue weighted by molar-refractivity contribution is 5.81. The highest BCUT2D eigenvalue weighted by Crippen LogP contribution is 2.34. The van der Waals surface area contributed by atoms with Crippen molar-refractivity contribution in [2.75, 3.05) is 12.4 Å². The van der Waals surface area contributed by atoms with E-state index in [2.05, 4.69) is 25.8 Å². The highest BCUT2D eigenvalue weighted by atomic mass is 16.5. The number of pyridine rings is 1. The molecular formula is C15H16N6O. The van der Waals surface area contributed by atoms with E-state index in [1.54, 1.807) is 7.11 Å². The van der Waals surface area contributed by atoms with E-state index in [1.165, 1.54) is 0 Å². The van der Waals surface area contributed by atoms with Gasteiger partial charge in [-0.05, 0) is 47.5 Å². The summed E-state index contributed by atoms with van der Waals surface area (Å²) < 4.78 is 7.14. The maximum Gasteiger partial charge on any atom is 0.170 e. The molecule has 1 aliphatic rings. The van der Waals surface area contributed by atoms with Crippen molar-refractivity contribution in [1.82, 2.24) is 25.2 Å². The van der Waals surface area contributed by atoms with Gasteiger partial charge >= 0.3 is 0 Å². The molecule has 0 aliphatic heterocycles. The van der Waals surface area contributed by atoms with Crippen LogP contribution in [0.4, 0.5) is 5.82 Å². The van der Waals surface area contributed by atoms with E-state index in [0.29, 0.717) is 12.6 Å². The zero-order valence-corrected chi connectivity index (χ0v) is 12.2. The summed E-state index contributed by atoms with van der Waals surface area (Å²) in [5.41, 5.74) is 0.895. The second kappa shape index (κ2) is 5.25. The molecule has 1 aromatic carbocycles. The normalized spacial score (nSPS) is 14.2. The van der Waals surface area contributed by atoms with Gasteiger partial charge in [0.2, 0.25) is 0 Å². The van der Waals surface area contributed by atoms with Crippen LogP contribution in [0.1, 0.15) is 24.7 Å². The predicted molar refractivity (Wildman–Crippen MR) is 81.7 cm³/mol. The lowest BCUT2D eigenvalue weighted by molar-refractivity contribution is 0.415. The summed E-state index contributed by atoms with van der Waals surface area (Å²) in [6.07, 6.45) is 2.32. The van der Waals surface area contributed by atoms with Gasteiger partial charge in [-0.25, -0.2) is 9.67 Å². The van der Waals surface area contributed by atoms with Crippen LogP contribution in [-0.2, 0) is 6.54 Å². The molecule has 0 saturated heterocycles. The molecule has 0 amide bonds. The van der Waals surface area contributed by atoms with Gasteiger partial charge in [0, 0.05) is 11.5 Å². The van der Waals surface area contributed by atoms with E-state index in [1.807, 2.05) is 35.0 Å². The molecule has 3 aromatic rings. The number of fused-ring (bicyclic) bond motifs is 1. The quantitative estimate of drug-likeness (QED) is 0.777. The van der Waals surface area contributed by atoms with Crippen LogP contribution in [0.15, 0.2) is 30.3 Å². The number of benzene rings is 1. The molecule has 22 heavy (non-hydrogen) atoms. The fraction of sp³-hybridized carbons (Fsp3) is 0.333. The topological polar surface area (TPSA) is 77.8 Å². The van der Waals surface area contributed by atoms with Crippen molar-refractivity contribution in [1.29, 1.82) is 0 Å². The number of tetrazole rings is 1. The van der Waals surface area contributed by atoms with Crippen molar-refractivity contribution < 1.29 is 4.74 Å². The van der Waals surface area contributed by atoms with E-state index in [0.717, 1.165) is 41.1 Å². The van der Waals surface area contributed by atoms with Crippen molar-refractivity contribution in [2.24, 2.45) is 0 Å². The van der Waals surface area contributed by atoms with E-state index in [4.69, 9.17) is 4.74 Å². The third-order valence-electron chi connectivity index (χ3n) is 3.78. The van der Waals surface area contributed by atoms with Crippen LogP contribution >= 0.6 is 0 Å². The third-order valence-corrected chi connectivity index (χ3v) is 3.78. The average molecular weight is 296 g/mol. The zero-order chi connectivity index (χ0) is 14.9. The molecule has 2 aromatic heterocycles. The van der Waals surface area contributed by atoms with Crippen molar-refractivity contribution in [3.05, 3.63) is 36.2 Å². The summed E-state index contributed by atoms with van der Waals surface area (Å²) in [5, 5.41) is 16.2. The molecule has 0 atom stereocenters. The second-order valence-corrected chi connectivity index (χ2v) is 5.38. The first-order chi connectivity index (χ1) is 10.8. The lowest BCUT2D eigenvalue weighted by atomic mass is 10.2. The lowest BCUT2D eigenvalue weighted by Gasteiger charge is -2.07. The Balaban J connectivity index is 1.54. The van der Waals surface area contributed by atoms with Crippen LogP contribution in [0.3, 0.4) is 0 Å². The standard InChI is InChI=1S/C15H16N6O/c1-22-12-6-2-10-3-7-14(17-13(10)8-12)16-9-15-18-19-20-21(15)11-4-5-11/h2-3,6-8,11H,4-5,9H2,1H3,(H,16,17). The fourth-order valence-electron chi connectivity index (χ4n) is 2.42. The van der Waals surface area contributed by atoms with E-state index in [-0.39, 0.29) is 0 Å². The molecule has 1 saturated carbocycles. The second-order valence-electron chi connectivity index (χ2n) is 5.38. The van der Waals surface area contributed by atoms with Crippen LogP contribution < -0.4 is 10.1 Å². The lowest BCUT2D eigenvalue weighted by Crippen LogP contribution is -2.09. The molecule has 0 bridgehead atoms. The number of methoxy groups -OCH3 is 1. The van der Waals surface area contributed by atoms with E-state index >= 15 is 0 Å². The first-order valence-corrected chi connectivity index (χ1v) is 7.29. The summed E-state index contributed by atoms with van der Waals surface area (Å²) >= 11 is 0. The number of rotatable bonds is 5. The van der Waals surface area contributed by atoms with Crippen LogP contribution in [0.25, 0.3) is 10.9 Å². The van der Waals surface area contributed by atoms with Gasteiger partial charge in [0.1, 0.15) is 11.6 Å². The molecule has 112 valence electrons. The fourth-order valence-corrected chi connectivity index (χ4v) is 2.42. The third kappa shape index (κ3) is 2.45. The summed E-state index contributed by atoms with van der Waals surface area (Å²) in [6.45, 7) is 0.561. The van der Waals surface area contributed by atoms with Gasteiger partial charge in [-0.1, -0.05) is 0 Å². The van der Waals surface area contributed by atoms with Gasteiger partial charge in [-0.15, -0.1) is 5.10 Å². The SMILES string of the molecule is COc1ccc2ccc(NCc3nnnn3C3CC3)nc2c1. The smallest absolute Gasteiger partial charge is 0.170 e. The van der Waals surface area contributed by atoms with Crippen LogP contribution in [0.2, 0.25) is 0 Å². The van der Waals surface area contributed by atoms with Gasteiger partial charge < -0.3 is 10.1 Å². The Morgan fingerprint density at radius 2 is 2.14 bits per heavy atom. The highest BCUT2D eigenvalue weighted by Gasteiger charge is 2.27. The van der Waals surface area contributed by atoms with Gasteiger partial charge in [0.15, 0.2) is 5.82 Å². The number of ether oxygens (including phenoxy) is 1. The van der Waals surface area contributed by atoms with Crippen LogP contribution in [0, 0.1) is 0 Å². The minimum Gasteiger partial charge on any atom is -0.497 e. The number of hydrogen-bond acceptors (Lipinski definition) is 6. The van der Waals surface area contributed by atoms with Crippen LogP contribution in [-0.4, -0.2) is 32.3 Å². The molecule has 0 spiro atoms. The molecule has 1 aliphatic carbocycles. The van der Waals surface area contributed by atoms with Gasteiger partial charge in [0.05, 0.1) is 25.2 Å². The van der Waals surface area contributed by atoms with Gasteiger partial charge in [-0.3, -0.25) is 0 Å². The Labute approximate surface area is 127 Å². The van der Waals surface area contributed by atoms with Crippen molar-refractivity contribution in [3.8, 4) is 5.75 Å². The maximum absolute atomic E-state index is 5.24. The molecule has 4 rings (SSSR count). The van der Waals surface area contributed by atoms with Crippen LogP contribution in [0.5, 0.6) is 5.75 Å². The molecule has 0 radical (unpaired) electrons. The van der Waals surface area contributed by atoms with Crippen molar-refractivity contribution >= 4 is 16.7 Å². The summed E-state index contributed by atoms with van der Waals surface area (Å²) in [7, 11) is 1.65. The molecule has 2 heterocycles. The van der Waals surface area contributed by atoms with E-state index < -0.39 is 0 Å². The Hall–Kier alpha value is -2.70. The number of nitrogens with one attached hydrogen (secondary N) is 1. The Morgan fingerprint density at radius 1 is 1.27 bits per heavy atom. The zero-order valence-electron chi connectivity index (χ0n) is 12.2.